The number of aromatic nitrogens is 1. The molecule has 2 atom stereocenters. The van der Waals surface area contributed by atoms with Gasteiger partial charge in [-0.1, -0.05) is 13.3 Å². The molecule has 2 unspecified atom stereocenters. The van der Waals surface area contributed by atoms with E-state index in [1.807, 2.05) is 31.8 Å². The highest BCUT2D eigenvalue weighted by molar-refractivity contribution is 7.99. The van der Waals surface area contributed by atoms with Gasteiger partial charge in [-0.2, -0.15) is 11.8 Å². The van der Waals surface area contributed by atoms with Gasteiger partial charge in [-0.15, -0.1) is 0 Å². The Labute approximate surface area is 125 Å². The summed E-state index contributed by atoms with van der Waals surface area (Å²) in [5.74, 6) is 1.08. The van der Waals surface area contributed by atoms with Crippen molar-refractivity contribution in [3.05, 3.63) is 23.5 Å². The lowest BCUT2D eigenvalue weighted by molar-refractivity contribution is 0.0939. The van der Waals surface area contributed by atoms with Crippen LogP contribution in [0.5, 0.6) is 0 Å². The van der Waals surface area contributed by atoms with Crippen LogP contribution in [0.2, 0.25) is 0 Å². The number of anilines is 1. The third kappa shape index (κ3) is 3.45. The first kappa shape index (κ1) is 15.2. The molecule has 110 valence electrons. The molecular weight excluding hydrogens is 270 g/mol. The molecule has 1 aromatic rings. The van der Waals surface area contributed by atoms with Crippen LogP contribution in [0.25, 0.3) is 0 Å². The Morgan fingerprint density at radius 3 is 3.00 bits per heavy atom. The molecular formula is C15H23N3OS. The van der Waals surface area contributed by atoms with E-state index in [4.69, 9.17) is 0 Å². The fraction of sp³-hybridized carbons (Fsp3) is 0.600. The summed E-state index contributed by atoms with van der Waals surface area (Å²) in [7, 11) is 1.83. The summed E-state index contributed by atoms with van der Waals surface area (Å²) >= 11 is 1.95. The second-order valence-electron chi connectivity index (χ2n) is 5.13. The van der Waals surface area contributed by atoms with Gasteiger partial charge in [-0.05, 0) is 31.6 Å². The quantitative estimate of drug-likeness (QED) is 0.876. The monoisotopic (exact) mass is 293 g/mol. The summed E-state index contributed by atoms with van der Waals surface area (Å²) in [4.78, 5) is 16.7. The van der Waals surface area contributed by atoms with Crippen LogP contribution in [-0.2, 0) is 0 Å². The average molecular weight is 293 g/mol. The molecule has 0 bridgehead atoms. The van der Waals surface area contributed by atoms with Gasteiger partial charge in [0.05, 0.1) is 11.3 Å². The molecule has 2 N–H and O–H groups in total. The lowest BCUT2D eigenvalue weighted by Gasteiger charge is -2.20. The zero-order chi connectivity index (χ0) is 14.5. The van der Waals surface area contributed by atoms with Crippen molar-refractivity contribution in [2.75, 3.05) is 18.1 Å². The molecule has 4 nitrogen and oxygen atoms in total. The van der Waals surface area contributed by atoms with Crippen molar-refractivity contribution in [2.45, 2.75) is 44.4 Å². The van der Waals surface area contributed by atoms with E-state index in [9.17, 15) is 4.79 Å². The number of hydrogen-bond donors (Lipinski definition) is 2. The van der Waals surface area contributed by atoms with Gasteiger partial charge in [-0.3, -0.25) is 9.78 Å². The second-order valence-corrected chi connectivity index (χ2v) is 6.64. The lowest BCUT2D eigenvalue weighted by Crippen LogP contribution is -2.39. The highest BCUT2D eigenvalue weighted by Gasteiger charge is 2.29. The second kappa shape index (κ2) is 6.97. The average Bonchev–Trinajstić information content (AvgIpc) is 2.86. The topological polar surface area (TPSA) is 54.0 Å². The van der Waals surface area contributed by atoms with Gasteiger partial charge >= 0.3 is 0 Å². The molecule has 5 heteroatoms. The van der Waals surface area contributed by atoms with E-state index < -0.39 is 0 Å². The molecule has 0 spiro atoms. The van der Waals surface area contributed by atoms with Crippen molar-refractivity contribution in [1.82, 2.24) is 10.3 Å². The summed E-state index contributed by atoms with van der Waals surface area (Å²) in [5.41, 5.74) is 2.38. The third-order valence-corrected chi connectivity index (χ3v) is 5.03. The van der Waals surface area contributed by atoms with Crippen LogP contribution < -0.4 is 10.6 Å². The number of pyridine rings is 1. The number of thioether (sulfide) groups is 1. The zero-order valence-corrected chi connectivity index (χ0v) is 13.2. The molecule has 1 saturated carbocycles. The summed E-state index contributed by atoms with van der Waals surface area (Å²) in [6.07, 6.45) is 5.15. The number of hydrogen-bond acceptors (Lipinski definition) is 4. The van der Waals surface area contributed by atoms with E-state index in [0.29, 0.717) is 16.9 Å². The van der Waals surface area contributed by atoms with E-state index in [0.717, 1.165) is 23.6 Å². The molecule has 2 rings (SSSR count). The standard InChI is InChI=1S/C15H23N3OS/c1-4-20-14-7-5-6-12(14)18-15(19)11-9-17-10(2)8-13(11)16-3/h8-9,12,14H,4-7H2,1-3H3,(H,16,17)(H,18,19). The zero-order valence-electron chi connectivity index (χ0n) is 12.4. The molecule has 0 aromatic carbocycles. The van der Waals surface area contributed by atoms with E-state index >= 15 is 0 Å². The first-order chi connectivity index (χ1) is 9.65. The molecule has 0 radical (unpaired) electrons. The molecule has 0 aliphatic heterocycles. The molecule has 1 aliphatic carbocycles. The highest BCUT2D eigenvalue weighted by Crippen LogP contribution is 2.30. The van der Waals surface area contributed by atoms with Crippen molar-refractivity contribution in [1.29, 1.82) is 0 Å². The first-order valence-corrected chi connectivity index (χ1v) is 8.27. The predicted octanol–water partition coefficient (Wildman–Crippen LogP) is 2.84. The third-order valence-electron chi connectivity index (χ3n) is 3.70. The van der Waals surface area contributed by atoms with Crippen LogP contribution in [0.4, 0.5) is 5.69 Å². The molecule has 1 fully saturated rings. The maximum Gasteiger partial charge on any atom is 0.255 e. The molecule has 0 saturated heterocycles. The first-order valence-electron chi connectivity index (χ1n) is 7.22. The van der Waals surface area contributed by atoms with Gasteiger partial charge < -0.3 is 10.6 Å². The minimum absolute atomic E-state index is 0.0181. The number of nitrogens with zero attached hydrogens (tertiary/aromatic N) is 1. The van der Waals surface area contributed by atoms with Crippen molar-refractivity contribution in [3.8, 4) is 0 Å². The van der Waals surface area contributed by atoms with Crippen molar-refractivity contribution >= 4 is 23.4 Å². The lowest BCUT2D eigenvalue weighted by atomic mass is 10.1. The normalized spacial score (nSPS) is 21.8. The summed E-state index contributed by atoms with van der Waals surface area (Å²) < 4.78 is 0. The van der Waals surface area contributed by atoms with E-state index in [2.05, 4.69) is 22.5 Å². The Kier molecular flexibility index (Phi) is 5.29. The van der Waals surface area contributed by atoms with E-state index in [-0.39, 0.29) is 5.91 Å². The van der Waals surface area contributed by atoms with Crippen molar-refractivity contribution < 1.29 is 4.79 Å². The predicted molar refractivity (Wildman–Crippen MR) is 85.5 cm³/mol. The van der Waals surface area contributed by atoms with Crippen LogP contribution in [0, 0.1) is 6.92 Å². The van der Waals surface area contributed by atoms with E-state index in [1.165, 1.54) is 12.8 Å². The van der Waals surface area contributed by atoms with Gasteiger partial charge in [0.25, 0.3) is 5.91 Å². The summed E-state index contributed by atoms with van der Waals surface area (Å²) in [5, 5.41) is 6.81. The molecule has 20 heavy (non-hydrogen) atoms. The van der Waals surface area contributed by atoms with Crippen LogP contribution in [-0.4, -0.2) is 35.0 Å². The van der Waals surface area contributed by atoms with Crippen LogP contribution >= 0.6 is 11.8 Å². The highest BCUT2D eigenvalue weighted by atomic mass is 32.2. The maximum atomic E-state index is 12.4. The SMILES string of the molecule is CCSC1CCCC1NC(=O)c1cnc(C)cc1NC. The maximum absolute atomic E-state index is 12.4. The number of amides is 1. The Balaban J connectivity index is 2.08. The number of carbonyl (C=O) groups is 1. The van der Waals surface area contributed by atoms with Gasteiger partial charge in [0.1, 0.15) is 0 Å². The van der Waals surface area contributed by atoms with Gasteiger partial charge in [-0.25, -0.2) is 0 Å². The summed E-state index contributed by atoms with van der Waals surface area (Å²) in [6, 6.07) is 2.19. The van der Waals surface area contributed by atoms with Crippen LogP contribution in [0.3, 0.4) is 0 Å². The fourth-order valence-electron chi connectivity index (χ4n) is 2.70. The Morgan fingerprint density at radius 1 is 1.50 bits per heavy atom. The van der Waals surface area contributed by atoms with Crippen molar-refractivity contribution in [3.63, 3.8) is 0 Å². The Morgan fingerprint density at radius 2 is 2.30 bits per heavy atom. The number of nitrogens with one attached hydrogen (secondary N) is 2. The van der Waals surface area contributed by atoms with Gasteiger partial charge in [0.2, 0.25) is 0 Å². The molecule has 1 aliphatic rings. The minimum Gasteiger partial charge on any atom is -0.387 e. The van der Waals surface area contributed by atoms with Crippen LogP contribution in [0.15, 0.2) is 12.3 Å². The van der Waals surface area contributed by atoms with Gasteiger partial charge in [0.15, 0.2) is 0 Å². The fourth-order valence-corrected chi connectivity index (χ4v) is 3.90. The van der Waals surface area contributed by atoms with Crippen LogP contribution in [0.1, 0.15) is 42.2 Å². The number of aryl methyl sites for hydroxylation is 1. The van der Waals surface area contributed by atoms with E-state index in [1.54, 1.807) is 6.20 Å². The number of rotatable bonds is 5. The summed E-state index contributed by atoms with van der Waals surface area (Å²) in [6.45, 7) is 4.10. The molecule has 1 heterocycles. The largest absolute Gasteiger partial charge is 0.387 e. The smallest absolute Gasteiger partial charge is 0.255 e. The number of carbonyl (C=O) groups excluding carboxylic acids is 1. The van der Waals surface area contributed by atoms with Gasteiger partial charge in [0, 0.05) is 30.2 Å². The molecule has 1 amide bonds. The Hall–Kier alpha value is -1.23. The Bertz CT molecular complexity index is 478. The minimum atomic E-state index is -0.0181. The molecule has 1 aromatic heterocycles. The van der Waals surface area contributed by atoms with Crippen molar-refractivity contribution in [2.24, 2.45) is 0 Å².